The highest BCUT2D eigenvalue weighted by atomic mass is 19.1. The fourth-order valence-corrected chi connectivity index (χ4v) is 2.94. The summed E-state index contributed by atoms with van der Waals surface area (Å²) in [4.78, 5) is 11.0. The molecule has 0 aliphatic carbocycles. The minimum atomic E-state index is -0.170. The van der Waals surface area contributed by atoms with Crippen LogP contribution in [-0.2, 0) is 13.0 Å². The van der Waals surface area contributed by atoms with Gasteiger partial charge < -0.3 is 10.2 Å². The molecule has 0 aliphatic heterocycles. The van der Waals surface area contributed by atoms with Crippen molar-refractivity contribution < 1.29 is 4.39 Å². The highest BCUT2D eigenvalue weighted by Gasteiger charge is 2.13. The van der Waals surface area contributed by atoms with Crippen LogP contribution in [0.2, 0.25) is 0 Å². The van der Waals surface area contributed by atoms with Crippen LogP contribution < -0.4 is 10.2 Å². The number of nitrogens with zero attached hydrogens (tertiary/aromatic N) is 3. The molecule has 0 spiro atoms. The largest absolute Gasteiger partial charge is 0.370 e. The molecule has 0 fully saturated rings. The van der Waals surface area contributed by atoms with E-state index < -0.39 is 0 Å². The standard InChI is InChI=1S/C22H25FN4/c1-17(2)27(15-18-8-4-3-5-9-18)22-14-21(25-16-26-22)24-13-12-19-10-6-7-11-20(19)23/h3-11,14,16-17H,12-13,15H2,1-2H3,(H,24,25,26). The summed E-state index contributed by atoms with van der Waals surface area (Å²) in [6.07, 6.45) is 2.17. The number of nitrogens with one attached hydrogen (secondary N) is 1. The number of aromatic nitrogens is 2. The summed E-state index contributed by atoms with van der Waals surface area (Å²) < 4.78 is 13.7. The van der Waals surface area contributed by atoms with E-state index >= 15 is 0 Å². The van der Waals surface area contributed by atoms with Crippen LogP contribution in [0.3, 0.4) is 0 Å². The van der Waals surface area contributed by atoms with Crippen molar-refractivity contribution >= 4 is 11.6 Å². The Morgan fingerprint density at radius 1 is 1.00 bits per heavy atom. The predicted octanol–water partition coefficient (Wildman–Crippen LogP) is 4.69. The Balaban J connectivity index is 1.67. The van der Waals surface area contributed by atoms with Gasteiger partial charge in [0.1, 0.15) is 23.8 Å². The molecule has 0 atom stereocenters. The molecular weight excluding hydrogens is 339 g/mol. The first-order chi connectivity index (χ1) is 13.1. The van der Waals surface area contributed by atoms with Crippen LogP contribution >= 0.6 is 0 Å². The van der Waals surface area contributed by atoms with Gasteiger partial charge >= 0.3 is 0 Å². The van der Waals surface area contributed by atoms with Gasteiger partial charge in [-0.05, 0) is 37.5 Å². The van der Waals surface area contributed by atoms with Gasteiger partial charge in [0.2, 0.25) is 0 Å². The third kappa shape index (κ3) is 5.26. The summed E-state index contributed by atoms with van der Waals surface area (Å²) in [6, 6.07) is 19.4. The second-order valence-electron chi connectivity index (χ2n) is 6.74. The van der Waals surface area contributed by atoms with Gasteiger partial charge in [-0.2, -0.15) is 0 Å². The minimum Gasteiger partial charge on any atom is -0.370 e. The SMILES string of the molecule is CC(C)N(Cc1ccccc1)c1cc(NCCc2ccccc2F)ncn1. The van der Waals surface area contributed by atoms with Crippen LogP contribution in [0.1, 0.15) is 25.0 Å². The van der Waals surface area contributed by atoms with E-state index in [1.54, 1.807) is 12.4 Å². The van der Waals surface area contributed by atoms with E-state index in [0.29, 0.717) is 24.6 Å². The zero-order chi connectivity index (χ0) is 19.1. The van der Waals surface area contributed by atoms with Gasteiger partial charge in [-0.25, -0.2) is 14.4 Å². The van der Waals surface area contributed by atoms with Crippen LogP contribution in [0.5, 0.6) is 0 Å². The molecule has 2 aromatic carbocycles. The third-order valence-electron chi connectivity index (χ3n) is 4.42. The van der Waals surface area contributed by atoms with Crippen LogP contribution in [0, 0.1) is 5.82 Å². The van der Waals surface area contributed by atoms with E-state index in [0.717, 1.165) is 18.2 Å². The third-order valence-corrected chi connectivity index (χ3v) is 4.42. The molecule has 0 saturated heterocycles. The Kier molecular flexibility index (Phi) is 6.36. The summed E-state index contributed by atoms with van der Waals surface area (Å²) in [5.41, 5.74) is 1.94. The molecule has 1 aromatic heterocycles. The Hall–Kier alpha value is -2.95. The Labute approximate surface area is 160 Å². The molecule has 0 unspecified atom stereocenters. The van der Waals surface area contributed by atoms with Crippen molar-refractivity contribution in [3.63, 3.8) is 0 Å². The van der Waals surface area contributed by atoms with E-state index in [9.17, 15) is 4.39 Å². The molecule has 0 amide bonds. The lowest BCUT2D eigenvalue weighted by atomic mass is 10.1. The van der Waals surface area contributed by atoms with E-state index in [4.69, 9.17) is 0 Å². The average molecular weight is 364 g/mol. The molecular formula is C22H25FN4. The molecule has 0 radical (unpaired) electrons. The summed E-state index contributed by atoms with van der Waals surface area (Å²) >= 11 is 0. The van der Waals surface area contributed by atoms with Gasteiger partial charge in [0, 0.05) is 25.2 Å². The van der Waals surface area contributed by atoms with E-state index in [-0.39, 0.29) is 5.82 Å². The van der Waals surface area contributed by atoms with Crippen LogP contribution in [0.4, 0.5) is 16.0 Å². The lowest BCUT2D eigenvalue weighted by Crippen LogP contribution is -2.31. The highest BCUT2D eigenvalue weighted by molar-refractivity contribution is 5.49. The van der Waals surface area contributed by atoms with Crippen molar-refractivity contribution in [2.75, 3.05) is 16.8 Å². The maximum Gasteiger partial charge on any atom is 0.134 e. The molecule has 27 heavy (non-hydrogen) atoms. The summed E-state index contributed by atoms with van der Waals surface area (Å²) in [7, 11) is 0. The Bertz CT molecular complexity index is 852. The van der Waals surface area contributed by atoms with E-state index in [2.05, 4.69) is 46.2 Å². The van der Waals surface area contributed by atoms with Gasteiger partial charge in [0.15, 0.2) is 0 Å². The Morgan fingerprint density at radius 2 is 1.74 bits per heavy atom. The highest BCUT2D eigenvalue weighted by Crippen LogP contribution is 2.20. The molecule has 1 N–H and O–H groups in total. The van der Waals surface area contributed by atoms with Crippen LogP contribution in [0.25, 0.3) is 0 Å². The van der Waals surface area contributed by atoms with Gasteiger partial charge in [0.25, 0.3) is 0 Å². The van der Waals surface area contributed by atoms with Crippen LogP contribution in [-0.4, -0.2) is 22.6 Å². The molecule has 5 heteroatoms. The van der Waals surface area contributed by atoms with Gasteiger partial charge in [-0.15, -0.1) is 0 Å². The molecule has 4 nitrogen and oxygen atoms in total. The number of anilines is 2. The summed E-state index contributed by atoms with van der Waals surface area (Å²) in [5.74, 6) is 1.45. The normalized spacial score (nSPS) is 10.8. The number of rotatable bonds is 8. The predicted molar refractivity (Wildman–Crippen MR) is 108 cm³/mol. The molecule has 140 valence electrons. The molecule has 3 rings (SSSR count). The first-order valence-corrected chi connectivity index (χ1v) is 9.23. The molecule has 0 saturated carbocycles. The number of hydrogen-bond acceptors (Lipinski definition) is 4. The molecule has 0 aliphatic rings. The van der Waals surface area contributed by atoms with Gasteiger partial charge in [-0.3, -0.25) is 0 Å². The van der Waals surface area contributed by atoms with Gasteiger partial charge in [0.05, 0.1) is 0 Å². The quantitative estimate of drug-likeness (QED) is 0.630. The second-order valence-corrected chi connectivity index (χ2v) is 6.74. The second kappa shape index (κ2) is 9.12. The zero-order valence-electron chi connectivity index (χ0n) is 15.8. The van der Waals surface area contributed by atoms with Gasteiger partial charge in [-0.1, -0.05) is 48.5 Å². The Morgan fingerprint density at radius 3 is 2.48 bits per heavy atom. The van der Waals surface area contributed by atoms with Crippen LogP contribution in [0.15, 0.2) is 67.0 Å². The topological polar surface area (TPSA) is 41.0 Å². The van der Waals surface area contributed by atoms with E-state index in [1.807, 2.05) is 36.4 Å². The minimum absolute atomic E-state index is 0.170. The van der Waals surface area contributed by atoms with Crippen molar-refractivity contribution in [2.24, 2.45) is 0 Å². The average Bonchev–Trinajstić information content (AvgIpc) is 2.68. The molecule has 1 heterocycles. The number of hydrogen-bond donors (Lipinski definition) is 1. The first-order valence-electron chi connectivity index (χ1n) is 9.23. The summed E-state index contributed by atoms with van der Waals surface area (Å²) in [6.45, 7) is 5.69. The monoisotopic (exact) mass is 364 g/mol. The molecule has 0 bridgehead atoms. The lowest BCUT2D eigenvalue weighted by Gasteiger charge is -2.28. The first kappa shape index (κ1) is 18.8. The maximum absolute atomic E-state index is 13.7. The van der Waals surface area contributed by atoms with Crippen molar-refractivity contribution in [3.8, 4) is 0 Å². The fourth-order valence-electron chi connectivity index (χ4n) is 2.94. The lowest BCUT2D eigenvalue weighted by molar-refractivity contribution is 0.610. The maximum atomic E-state index is 13.7. The van der Waals surface area contributed by atoms with E-state index in [1.165, 1.54) is 11.6 Å². The van der Waals surface area contributed by atoms with Crippen molar-refractivity contribution in [2.45, 2.75) is 32.9 Å². The van der Waals surface area contributed by atoms with Crippen molar-refractivity contribution in [1.29, 1.82) is 0 Å². The van der Waals surface area contributed by atoms with Crippen molar-refractivity contribution in [1.82, 2.24) is 9.97 Å². The number of halogens is 1. The molecule has 3 aromatic rings. The zero-order valence-corrected chi connectivity index (χ0v) is 15.8. The van der Waals surface area contributed by atoms with Crippen molar-refractivity contribution in [3.05, 3.63) is 83.9 Å². The summed E-state index contributed by atoms with van der Waals surface area (Å²) in [5, 5.41) is 3.27. The smallest absolute Gasteiger partial charge is 0.134 e. The number of benzene rings is 2. The fraction of sp³-hybridized carbons (Fsp3) is 0.273.